The van der Waals surface area contributed by atoms with Crippen LogP contribution in [0.2, 0.25) is 0 Å². The molecule has 0 unspecified atom stereocenters. The van der Waals surface area contributed by atoms with Crippen LogP contribution < -0.4 is 16.4 Å². The Hall–Kier alpha value is -2.33. The fourth-order valence-corrected chi connectivity index (χ4v) is 2.41. The summed E-state index contributed by atoms with van der Waals surface area (Å²) in [7, 11) is 0. The van der Waals surface area contributed by atoms with E-state index in [1.54, 1.807) is 6.92 Å². The van der Waals surface area contributed by atoms with E-state index in [0.717, 1.165) is 0 Å². The van der Waals surface area contributed by atoms with Crippen molar-refractivity contribution in [3.05, 3.63) is 12.3 Å². The molecule has 0 heterocycles. The van der Waals surface area contributed by atoms with E-state index < -0.39 is 12.0 Å². The molecule has 0 bridgehead atoms. The Bertz CT molecular complexity index is 623. The van der Waals surface area contributed by atoms with E-state index in [4.69, 9.17) is 43.6 Å². The zero-order chi connectivity index (χ0) is 28.1. The van der Waals surface area contributed by atoms with Gasteiger partial charge in [-0.15, -0.1) is 0 Å². The van der Waals surface area contributed by atoms with Crippen LogP contribution >= 0.6 is 0 Å². The molecule has 222 valence electrons. The second-order valence-electron chi connectivity index (χ2n) is 7.64. The average Bonchev–Trinajstić information content (AvgIpc) is 2.86. The Kier molecular flexibility index (Phi) is 26.0. The maximum atomic E-state index is 11.6. The SMILES string of the molecule is C=C(C)NC(=O)CCOCCOCCOCCOC(=O)NCCOCCOCCOCCOCCC(N)=O. The number of hydrogen-bond acceptors (Lipinski definition) is 11. The summed E-state index contributed by atoms with van der Waals surface area (Å²) >= 11 is 0. The number of carbonyl (C=O) groups is 3. The Morgan fingerprint density at radius 3 is 1.45 bits per heavy atom. The van der Waals surface area contributed by atoms with Gasteiger partial charge in [0.15, 0.2) is 0 Å². The number of amides is 3. The molecule has 14 nitrogen and oxygen atoms in total. The lowest BCUT2D eigenvalue weighted by Gasteiger charge is -2.09. The van der Waals surface area contributed by atoms with Gasteiger partial charge in [-0.1, -0.05) is 6.58 Å². The van der Waals surface area contributed by atoms with Crippen LogP contribution in [-0.2, 0) is 47.5 Å². The number of ether oxygens (including phenoxy) is 8. The highest BCUT2D eigenvalue weighted by Gasteiger charge is 2.02. The van der Waals surface area contributed by atoms with Crippen LogP contribution in [0.25, 0.3) is 0 Å². The molecule has 0 aromatic heterocycles. The van der Waals surface area contributed by atoms with Crippen LogP contribution in [0.3, 0.4) is 0 Å². The van der Waals surface area contributed by atoms with Crippen molar-refractivity contribution >= 4 is 17.9 Å². The van der Waals surface area contributed by atoms with Crippen LogP contribution in [0.5, 0.6) is 0 Å². The zero-order valence-electron chi connectivity index (χ0n) is 22.5. The van der Waals surface area contributed by atoms with Gasteiger partial charge in [-0.05, 0) is 6.92 Å². The van der Waals surface area contributed by atoms with Crippen LogP contribution in [-0.4, -0.2) is 124 Å². The number of hydrogen-bond donors (Lipinski definition) is 3. The Morgan fingerprint density at radius 2 is 1.00 bits per heavy atom. The van der Waals surface area contributed by atoms with Gasteiger partial charge >= 0.3 is 6.09 Å². The van der Waals surface area contributed by atoms with Crippen molar-refractivity contribution in [2.75, 3.05) is 106 Å². The van der Waals surface area contributed by atoms with Crippen molar-refractivity contribution in [1.29, 1.82) is 0 Å². The molecule has 0 saturated carbocycles. The van der Waals surface area contributed by atoms with Crippen molar-refractivity contribution in [2.45, 2.75) is 19.8 Å². The Balaban J connectivity index is 3.22. The number of primary amides is 1. The lowest BCUT2D eigenvalue weighted by atomic mass is 10.4. The highest BCUT2D eigenvalue weighted by atomic mass is 16.6. The van der Waals surface area contributed by atoms with E-state index in [0.29, 0.717) is 98.1 Å². The van der Waals surface area contributed by atoms with E-state index in [-0.39, 0.29) is 32.0 Å². The number of nitrogens with two attached hydrogens (primary N) is 1. The maximum absolute atomic E-state index is 11.6. The summed E-state index contributed by atoms with van der Waals surface area (Å²) < 4.78 is 42.1. The molecule has 0 saturated heterocycles. The van der Waals surface area contributed by atoms with Gasteiger partial charge in [0.25, 0.3) is 0 Å². The smallest absolute Gasteiger partial charge is 0.407 e. The van der Waals surface area contributed by atoms with E-state index in [1.165, 1.54) is 0 Å². The summed E-state index contributed by atoms with van der Waals surface area (Å²) in [6.07, 6.45) is -0.0785. The molecule has 0 aliphatic heterocycles. The molecule has 0 spiro atoms. The van der Waals surface area contributed by atoms with Crippen LogP contribution in [0.1, 0.15) is 19.8 Å². The third kappa shape index (κ3) is 29.9. The lowest BCUT2D eigenvalue weighted by Crippen LogP contribution is -2.29. The summed E-state index contributed by atoms with van der Waals surface area (Å²) in [5.41, 5.74) is 5.60. The summed E-state index contributed by atoms with van der Waals surface area (Å²) in [6.45, 7) is 10.9. The molecule has 14 heteroatoms. The maximum Gasteiger partial charge on any atom is 0.407 e. The van der Waals surface area contributed by atoms with Crippen LogP contribution in [0.15, 0.2) is 12.3 Å². The quantitative estimate of drug-likeness (QED) is 0.109. The molecule has 0 aliphatic carbocycles. The molecule has 0 aromatic rings. The topological polar surface area (TPSA) is 175 Å². The first kappa shape index (κ1) is 35.7. The lowest BCUT2D eigenvalue weighted by molar-refractivity contribution is -0.121. The third-order valence-corrected chi connectivity index (χ3v) is 4.16. The summed E-state index contributed by atoms with van der Waals surface area (Å²) in [6, 6.07) is 0. The Labute approximate surface area is 224 Å². The van der Waals surface area contributed by atoms with E-state index in [9.17, 15) is 14.4 Å². The van der Waals surface area contributed by atoms with Crippen molar-refractivity contribution in [3.8, 4) is 0 Å². The van der Waals surface area contributed by atoms with Gasteiger partial charge in [-0.2, -0.15) is 0 Å². The van der Waals surface area contributed by atoms with Crippen LogP contribution in [0, 0.1) is 0 Å². The molecule has 0 radical (unpaired) electrons. The molecule has 38 heavy (non-hydrogen) atoms. The Morgan fingerprint density at radius 1 is 0.605 bits per heavy atom. The molecule has 4 N–H and O–H groups in total. The van der Waals surface area contributed by atoms with Gasteiger partial charge in [0, 0.05) is 18.7 Å². The second-order valence-corrected chi connectivity index (χ2v) is 7.64. The highest BCUT2D eigenvalue weighted by Crippen LogP contribution is 1.89. The number of nitrogens with one attached hydrogen (secondary N) is 2. The zero-order valence-corrected chi connectivity index (χ0v) is 22.5. The first-order chi connectivity index (χ1) is 18.4. The molecular formula is C24H45N3O11. The van der Waals surface area contributed by atoms with E-state index >= 15 is 0 Å². The van der Waals surface area contributed by atoms with Crippen LogP contribution in [0.4, 0.5) is 4.79 Å². The standard InChI is InChI=1S/C24H45N3O11/c1-21(2)27-23(29)4-7-32-10-13-35-17-18-37-19-20-38-24(30)26-5-8-33-11-14-36-16-15-34-12-9-31-6-3-22(25)28/h1,3-20H2,2H3,(H2,25,28)(H,26,30)(H,27,29). The summed E-state index contributed by atoms with van der Waals surface area (Å²) in [5.74, 6) is -0.521. The molecule has 0 aromatic carbocycles. The predicted octanol–water partition coefficient (Wildman–Crippen LogP) is -0.256. The summed E-state index contributed by atoms with van der Waals surface area (Å²) in [4.78, 5) is 33.5. The van der Waals surface area contributed by atoms with Gasteiger partial charge in [0.2, 0.25) is 11.8 Å². The second kappa shape index (κ2) is 27.7. The molecule has 0 aliphatic rings. The van der Waals surface area contributed by atoms with Gasteiger partial charge in [-0.25, -0.2) is 4.79 Å². The number of alkyl carbamates (subject to hydrolysis) is 1. The number of rotatable bonds is 28. The van der Waals surface area contributed by atoms with Crippen molar-refractivity contribution in [2.24, 2.45) is 5.73 Å². The fraction of sp³-hybridized carbons (Fsp3) is 0.792. The average molecular weight is 552 g/mol. The minimum atomic E-state index is -0.547. The first-order valence-electron chi connectivity index (χ1n) is 12.6. The monoisotopic (exact) mass is 551 g/mol. The molecule has 0 rings (SSSR count). The van der Waals surface area contributed by atoms with E-state index in [1.807, 2.05) is 0 Å². The number of allylic oxidation sites excluding steroid dienone is 1. The minimum Gasteiger partial charge on any atom is -0.447 e. The van der Waals surface area contributed by atoms with Crippen molar-refractivity contribution in [1.82, 2.24) is 10.6 Å². The fourth-order valence-electron chi connectivity index (χ4n) is 2.41. The minimum absolute atomic E-state index is 0.122. The molecule has 0 fully saturated rings. The van der Waals surface area contributed by atoms with Gasteiger partial charge in [0.05, 0.1) is 98.9 Å². The third-order valence-electron chi connectivity index (χ3n) is 4.16. The van der Waals surface area contributed by atoms with Gasteiger partial charge < -0.3 is 54.3 Å². The molecule has 0 atom stereocenters. The van der Waals surface area contributed by atoms with Gasteiger partial charge in [-0.3, -0.25) is 9.59 Å². The normalized spacial score (nSPS) is 10.8. The summed E-state index contributed by atoms with van der Waals surface area (Å²) in [5, 5.41) is 5.17. The molecular weight excluding hydrogens is 506 g/mol. The first-order valence-corrected chi connectivity index (χ1v) is 12.6. The largest absolute Gasteiger partial charge is 0.447 e. The molecule has 3 amide bonds. The predicted molar refractivity (Wildman–Crippen MR) is 136 cm³/mol. The van der Waals surface area contributed by atoms with E-state index in [2.05, 4.69) is 17.2 Å². The highest BCUT2D eigenvalue weighted by molar-refractivity contribution is 5.77. The van der Waals surface area contributed by atoms with Crippen molar-refractivity contribution < 1.29 is 52.3 Å². The van der Waals surface area contributed by atoms with Crippen molar-refractivity contribution in [3.63, 3.8) is 0 Å². The van der Waals surface area contributed by atoms with Gasteiger partial charge in [0.1, 0.15) is 6.61 Å². The number of carbonyl (C=O) groups excluding carboxylic acids is 3.